The van der Waals surface area contributed by atoms with Gasteiger partial charge in [0.05, 0.1) is 23.3 Å². The first-order chi connectivity index (χ1) is 14.3. The lowest BCUT2D eigenvalue weighted by molar-refractivity contribution is -0.385. The van der Waals surface area contributed by atoms with E-state index in [0.29, 0.717) is 23.1 Å². The van der Waals surface area contributed by atoms with Gasteiger partial charge < -0.3 is 9.47 Å². The zero-order valence-corrected chi connectivity index (χ0v) is 15.6. The van der Waals surface area contributed by atoms with Crippen molar-refractivity contribution in [2.45, 2.75) is 6.18 Å². The van der Waals surface area contributed by atoms with E-state index in [1.165, 1.54) is 6.07 Å². The number of ether oxygens (including phenoxy) is 2. The zero-order chi connectivity index (χ0) is 21.7. The average molecular weight is 416 g/mol. The molecule has 6 nitrogen and oxygen atoms in total. The van der Waals surface area contributed by atoms with Crippen LogP contribution in [0.25, 0.3) is 0 Å². The molecular weight excluding hydrogens is 401 g/mol. The highest BCUT2D eigenvalue weighted by Gasteiger charge is 2.33. The second-order valence-electron chi connectivity index (χ2n) is 6.07. The summed E-state index contributed by atoms with van der Waals surface area (Å²) < 4.78 is 49.0. The summed E-state index contributed by atoms with van der Waals surface area (Å²) in [5.74, 6) is 0.622. The van der Waals surface area contributed by atoms with Crippen molar-refractivity contribution in [2.24, 2.45) is 4.99 Å². The number of hydrogen-bond donors (Lipinski definition) is 0. The van der Waals surface area contributed by atoms with Crippen molar-refractivity contribution in [3.63, 3.8) is 0 Å². The van der Waals surface area contributed by atoms with Crippen molar-refractivity contribution in [1.82, 2.24) is 0 Å². The maximum atomic E-state index is 12.8. The first-order valence-electron chi connectivity index (χ1n) is 8.58. The standard InChI is InChI=1S/C21H15F3N2O4/c1-29-17-8-6-16(7-9-17)25-13-14-3-2-4-18(11-14)30-20-10-5-15(21(22,23)24)12-19(20)26(27)28/h2-13H,1H3. The zero-order valence-electron chi connectivity index (χ0n) is 15.6. The molecule has 0 aliphatic rings. The summed E-state index contributed by atoms with van der Waals surface area (Å²) in [4.78, 5) is 14.6. The molecule has 3 aromatic carbocycles. The van der Waals surface area contributed by atoms with Gasteiger partial charge in [-0.25, -0.2) is 0 Å². The third-order valence-electron chi connectivity index (χ3n) is 4.00. The van der Waals surface area contributed by atoms with Crippen LogP contribution in [0, 0.1) is 10.1 Å². The van der Waals surface area contributed by atoms with Crippen molar-refractivity contribution in [1.29, 1.82) is 0 Å². The van der Waals surface area contributed by atoms with Gasteiger partial charge in [-0.1, -0.05) is 12.1 Å². The third-order valence-corrected chi connectivity index (χ3v) is 4.00. The quantitative estimate of drug-likeness (QED) is 0.274. The minimum Gasteiger partial charge on any atom is -0.497 e. The van der Waals surface area contributed by atoms with Crippen LogP contribution >= 0.6 is 0 Å². The summed E-state index contributed by atoms with van der Waals surface area (Å²) in [7, 11) is 1.56. The van der Waals surface area contributed by atoms with Gasteiger partial charge in [0.25, 0.3) is 0 Å². The van der Waals surface area contributed by atoms with E-state index < -0.39 is 22.4 Å². The fraction of sp³-hybridized carbons (Fsp3) is 0.0952. The minimum absolute atomic E-state index is 0.219. The Balaban J connectivity index is 1.82. The number of halogens is 3. The van der Waals surface area contributed by atoms with Gasteiger partial charge >= 0.3 is 11.9 Å². The normalized spacial score (nSPS) is 11.5. The van der Waals surface area contributed by atoms with Gasteiger partial charge in [-0.05, 0) is 54.1 Å². The van der Waals surface area contributed by atoms with Crippen molar-refractivity contribution < 1.29 is 27.6 Å². The van der Waals surface area contributed by atoms with Gasteiger partial charge in [0.2, 0.25) is 5.75 Å². The average Bonchev–Trinajstić information content (AvgIpc) is 2.72. The van der Waals surface area contributed by atoms with Crippen LogP contribution in [-0.4, -0.2) is 18.2 Å². The Morgan fingerprint density at radius 3 is 2.37 bits per heavy atom. The van der Waals surface area contributed by atoms with Crippen molar-refractivity contribution in [3.8, 4) is 17.2 Å². The third kappa shape index (κ3) is 5.13. The smallest absolute Gasteiger partial charge is 0.416 e. The molecule has 0 heterocycles. The predicted octanol–water partition coefficient (Wildman–Crippen LogP) is 6.17. The second-order valence-corrected chi connectivity index (χ2v) is 6.07. The Bertz CT molecular complexity index is 1080. The molecule has 30 heavy (non-hydrogen) atoms. The van der Waals surface area contributed by atoms with Crippen molar-refractivity contribution >= 4 is 17.6 Å². The molecule has 0 saturated carbocycles. The Labute approximate surface area is 169 Å². The molecule has 0 aliphatic carbocycles. The molecule has 3 rings (SSSR count). The van der Waals surface area contributed by atoms with Crippen molar-refractivity contribution in [3.05, 3.63) is 88.0 Å². The lowest BCUT2D eigenvalue weighted by atomic mass is 10.1. The number of methoxy groups -OCH3 is 1. The van der Waals surface area contributed by atoms with Crippen molar-refractivity contribution in [2.75, 3.05) is 7.11 Å². The van der Waals surface area contributed by atoms with Crippen LogP contribution in [-0.2, 0) is 6.18 Å². The SMILES string of the molecule is COc1ccc(N=Cc2cccc(Oc3ccc(C(F)(F)F)cc3[N+](=O)[O-])c2)cc1. The van der Waals surface area contributed by atoms with Gasteiger partial charge in [-0.15, -0.1) is 0 Å². The Hall–Kier alpha value is -3.88. The number of hydrogen-bond acceptors (Lipinski definition) is 5. The summed E-state index contributed by atoms with van der Waals surface area (Å²) in [6.07, 6.45) is -3.13. The molecule has 0 radical (unpaired) electrons. The van der Waals surface area contributed by atoms with Gasteiger partial charge in [-0.2, -0.15) is 13.2 Å². The predicted molar refractivity (Wildman–Crippen MR) is 105 cm³/mol. The molecule has 3 aromatic rings. The summed E-state index contributed by atoms with van der Waals surface area (Å²) >= 11 is 0. The summed E-state index contributed by atoms with van der Waals surface area (Å²) in [5.41, 5.74) is -0.581. The highest BCUT2D eigenvalue weighted by atomic mass is 19.4. The molecule has 0 amide bonds. The second kappa shape index (κ2) is 8.64. The van der Waals surface area contributed by atoms with Crippen LogP contribution < -0.4 is 9.47 Å². The van der Waals surface area contributed by atoms with Gasteiger partial charge in [0.15, 0.2) is 0 Å². The Morgan fingerprint density at radius 1 is 1.00 bits per heavy atom. The highest BCUT2D eigenvalue weighted by molar-refractivity contribution is 5.82. The fourth-order valence-corrected chi connectivity index (χ4v) is 2.53. The molecule has 0 spiro atoms. The number of benzene rings is 3. The number of rotatable bonds is 6. The maximum absolute atomic E-state index is 12.8. The highest BCUT2D eigenvalue weighted by Crippen LogP contribution is 2.37. The maximum Gasteiger partial charge on any atom is 0.416 e. The van der Waals surface area contributed by atoms with Crippen LogP contribution in [0.2, 0.25) is 0 Å². The molecular formula is C21H15F3N2O4. The molecule has 0 atom stereocenters. The van der Waals surface area contributed by atoms with Gasteiger partial charge in [0, 0.05) is 12.3 Å². The molecule has 0 aromatic heterocycles. The molecule has 154 valence electrons. The molecule has 0 aliphatic heterocycles. The minimum atomic E-state index is -4.69. The molecule has 0 fully saturated rings. The van der Waals surface area contributed by atoms with E-state index in [2.05, 4.69) is 4.99 Å². The molecule has 0 unspecified atom stereocenters. The van der Waals surface area contributed by atoms with E-state index in [9.17, 15) is 23.3 Å². The first kappa shape index (κ1) is 20.8. The van der Waals surface area contributed by atoms with E-state index >= 15 is 0 Å². The molecule has 0 bridgehead atoms. The number of nitrogens with zero attached hydrogens (tertiary/aromatic N) is 2. The van der Waals surface area contributed by atoms with E-state index in [4.69, 9.17) is 9.47 Å². The number of alkyl halides is 3. The van der Waals surface area contributed by atoms with Crippen LogP contribution in [0.1, 0.15) is 11.1 Å². The van der Waals surface area contributed by atoms with Gasteiger partial charge in [0.1, 0.15) is 11.5 Å². The van der Waals surface area contributed by atoms with E-state index in [0.717, 1.165) is 12.1 Å². The van der Waals surface area contributed by atoms with Crippen LogP contribution in [0.3, 0.4) is 0 Å². The Kier molecular flexibility index (Phi) is 6.01. The van der Waals surface area contributed by atoms with Crippen LogP contribution in [0.15, 0.2) is 71.7 Å². The largest absolute Gasteiger partial charge is 0.497 e. The number of aliphatic imine (C=N–C) groups is 1. The topological polar surface area (TPSA) is 74.0 Å². The van der Waals surface area contributed by atoms with Crippen LogP contribution in [0.5, 0.6) is 17.2 Å². The van der Waals surface area contributed by atoms with Crippen LogP contribution in [0.4, 0.5) is 24.5 Å². The Morgan fingerprint density at radius 2 is 1.73 bits per heavy atom. The van der Waals surface area contributed by atoms with E-state index in [1.807, 2.05) is 0 Å². The first-order valence-corrected chi connectivity index (χ1v) is 8.58. The lowest BCUT2D eigenvalue weighted by Gasteiger charge is -2.10. The number of nitro benzene ring substituents is 1. The van der Waals surface area contributed by atoms with Gasteiger partial charge in [-0.3, -0.25) is 15.1 Å². The van der Waals surface area contributed by atoms with E-state index in [-0.39, 0.29) is 11.5 Å². The lowest BCUT2D eigenvalue weighted by Crippen LogP contribution is -2.06. The molecule has 0 N–H and O–H groups in total. The fourth-order valence-electron chi connectivity index (χ4n) is 2.53. The summed E-state index contributed by atoms with van der Waals surface area (Å²) in [5, 5.41) is 11.2. The monoisotopic (exact) mass is 416 g/mol. The number of nitro groups is 1. The molecule has 0 saturated heterocycles. The van der Waals surface area contributed by atoms with E-state index in [1.54, 1.807) is 55.8 Å². The summed E-state index contributed by atoms with van der Waals surface area (Å²) in [6, 6.07) is 15.6. The molecule has 9 heteroatoms. The summed E-state index contributed by atoms with van der Waals surface area (Å²) in [6.45, 7) is 0.